The average molecular weight is 447 g/mol. The van der Waals surface area contributed by atoms with E-state index < -0.39 is 0 Å². The third-order valence-electron chi connectivity index (χ3n) is 5.70. The van der Waals surface area contributed by atoms with Crippen LogP contribution >= 0.6 is 11.3 Å². The number of para-hydroxylation sites is 1. The molecule has 2 aromatic carbocycles. The molecule has 164 valence electrons. The molecule has 0 aliphatic carbocycles. The van der Waals surface area contributed by atoms with Crippen molar-refractivity contribution >= 4 is 34.0 Å². The summed E-state index contributed by atoms with van der Waals surface area (Å²) in [4.78, 5) is 22.2. The zero-order chi connectivity index (χ0) is 21.9. The number of hydrogen-bond donors (Lipinski definition) is 1. The molecule has 1 amide bonds. The number of carbonyl (C=O) groups is 1. The van der Waals surface area contributed by atoms with Crippen LogP contribution in [0.2, 0.25) is 0 Å². The predicted octanol–water partition coefficient (Wildman–Crippen LogP) is 5.47. The van der Waals surface area contributed by atoms with Gasteiger partial charge >= 0.3 is 0 Å². The number of nitrogens with zero attached hydrogens (tertiary/aromatic N) is 3. The van der Waals surface area contributed by atoms with Crippen LogP contribution < -0.4 is 10.1 Å². The Morgan fingerprint density at radius 2 is 2.06 bits per heavy atom. The Balaban J connectivity index is 1.29. The minimum atomic E-state index is -0.0833. The predicted molar refractivity (Wildman–Crippen MR) is 128 cm³/mol. The second-order valence-electron chi connectivity index (χ2n) is 7.99. The van der Waals surface area contributed by atoms with E-state index in [2.05, 4.69) is 20.9 Å². The molecule has 5 rings (SSSR count). The van der Waals surface area contributed by atoms with E-state index in [1.807, 2.05) is 48.7 Å². The van der Waals surface area contributed by atoms with Crippen molar-refractivity contribution in [3.8, 4) is 16.3 Å². The highest BCUT2D eigenvalue weighted by molar-refractivity contribution is 7.13. The molecule has 6 nitrogen and oxygen atoms in total. The molecular formula is C25H26N4O2S. The third kappa shape index (κ3) is 4.25. The van der Waals surface area contributed by atoms with Gasteiger partial charge in [-0.15, -0.1) is 11.3 Å². The molecule has 0 radical (unpaired) electrons. The van der Waals surface area contributed by atoms with Crippen LogP contribution in [-0.4, -0.2) is 27.0 Å². The third-order valence-corrected chi connectivity index (χ3v) is 6.63. The maximum Gasteiger partial charge on any atom is 0.230 e. The van der Waals surface area contributed by atoms with Gasteiger partial charge < -0.3 is 14.6 Å². The minimum Gasteiger partial charge on any atom is -0.493 e. The number of carbonyl (C=O) groups excluding carboxylic acids is 1. The highest BCUT2D eigenvalue weighted by Crippen LogP contribution is 2.32. The maximum atomic E-state index is 12.7. The summed E-state index contributed by atoms with van der Waals surface area (Å²) in [5, 5.41) is 5.80. The molecule has 0 unspecified atom stereocenters. The Morgan fingerprint density at radius 3 is 2.97 bits per heavy atom. The van der Waals surface area contributed by atoms with Crippen molar-refractivity contribution in [2.45, 2.75) is 45.6 Å². The minimum absolute atomic E-state index is 0.0833. The van der Waals surface area contributed by atoms with Crippen LogP contribution in [0.15, 0.2) is 47.8 Å². The van der Waals surface area contributed by atoms with Crippen LogP contribution in [0, 0.1) is 0 Å². The Hall–Kier alpha value is -3.19. The number of nitrogens with one attached hydrogen (secondary N) is 1. The zero-order valence-electron chi connectivity index (χ0n) is 18.1. The Kier molecular flexibility index (Phi) is 5.90. The highest BCUT2D eigenvalue weighted by Gasteiger charge is 2.15. The van der Waals surface area contributed by atoms with Crippen LogP contribution in [0.1, 0.15) is 37.7 Å². The van der Waals surface area contributed by atoms with E-state index in [4.69, 9.17) is 9.72 Å². The summed E-state index contributed by atoms with van der Waals surface area (Å²) in [6, 6.07) is 13.9. The molecule has 1 aliphatic heterocycles. The summed E-state index contributed by atoms with van der Waals surface area (Å²) >= 11 is 1.53. The van der Waals surface area contributed by atoms with Crippen LogP contribution in [0.25, 0.3) is 21.6 Å². The van der Waals surface area contributed by atoms with Crippen LogP contribution in [0.5, 0.6) is 5.75 Å². The number of rotatable bonds is 6. The van der Waals surface area contributed by atoms with Crippen molar-refractivity contribution in [2.75, 3.05) is 11.9 Å². The largest absolute Gasteiger partial charge is 0.493 e. The van der Waals surface area contributed by atoms with Gasteiger partial charge in [-0.3, -0.25) is 4.79 Å². The lowest BCUT2D eigenvalue weighted by Crippen LogP contribution is -2.14. The quantitative estimate of drug-likeness (QED) is 0.427. The maximum absolute atomic E-state index is 12.7. The number of imidazole rings is 1. The van der Waals surface area contributed by atoms with E-state index in [0.29, 0.717) is 6.61 Å². The average Bonchev–Trinajstić information content (AvgIpc) is 3.31. The normalized spacial score (nSPS) is 13.5. The summed E-state index contributed by atoms with van der Waals surface area (Å²) in [6.45, 7) is 3.59. The Labute approximate surface area is 191 Å². The fourth-order valence-electron chi connectivity index (χ4n) is 4.23. The topological polar surface area (TPSA) is 69.0 Å². The van der Waals surface area contributed by atoms with Crippen molar-refractivity contribution in [1.82, 2.24) is 14.5 Å². The van der Waals surface area contributed by atoms with Gasteiger partial charge in [-0.2, -0.15) is 0 Å². The number of anilines is 1. The van der Waals surface area contributed by atoms with Crippen molar-refractivity contribution in [2.24, 2.45) is 0 Å². The van der Waals surface area contributed by atoms with Gasteiger partial charge in [-0.05, 0) is 50.1 Å². The SMILES string of the molecule is CCOc1ccccc1-c1nc(CC(=O)Nc2ccc3c(c2)nc2n3CCCCC2)cs1. The van der Waals surface area contributed by atoms with Gasteiger partial charge in [0.25, 0.3) is 0 Å². The molecule has 7 heteroatoms. The molecule has 0 saturated carbocycles. The van der Waals surface area contributed by atoms with E-state index in [0.717, 1.165) is 57.5 Å². The van der Waals surface area contributed by atoms with Crippen LogP contribution in [-0.2, 0) is 24.2 Å². The number of aromatic nitrogens is 3. The molecule has 2 aromatic heterocycles. The van der Waals surface area contributed by atoms with Crippen molar-refractivity contribution in [3.05, 3.63) is 59.4 Å². The lowest BCUT2D eigenvalue weighted by molar-refractivity contribution is -0.115. The molecule has 0 spiro atoms. The molecule has 3 heterocycles. The fourth-order valence-corrected chi connectivity index (χ4v) is 5.08. The summed E-state index contributed by atoms with van der Waals surface area (Å²) < 4.78 is 8.04. The smallest absolute Gasteiger partial charge is 0.230 e. The zero-order valence-corrected chi connectivity index (χ0v) is 19.0. The molecular weight excluding hydrogens is 420 g/mol. The van der Waals surface area contributed by atoms with E-state index in [9.17, 15) is 4.79 Å². The number of hydrogen-bond acceptors (Lipinski definition) is 5. The number of ether oxygens (including phenoxy) is 1. The number of amides is 1. The molecule has 0 saturated heterocycles. The van der Waals surface area contributed by atoms with Crippen LogP contribution in [0.3, 0.4) is 0 Å². The van der Waals surface area contributed by atoms with Gasteiger partial charge in [-0.25, -0.2) is 9.97 Å². The van der Waals surface area contributed by atoms with E-state index in [-0.39, 0.29) is 12.3 Å². The first kappa shape index (κ1) is 20.7. The number of fused-ring (bicyclic) bond motifs is 3. The second-order valence-corrected chi connectivity index (χ2v) is 8.85. The Morgan fingerprint density at radius 1 is 1.16 bits per heavy atom. The van der Waals surface area contributed by atoms with Gasteiger partial charge in [0.1, 0.15) is 16.6 Å². The summed E-state index contributed by atoms with van der Waals surface area (Å²) in [7, 11) is 0. The number of aryl methyl sites for hydroxylation is 2. The fraction of sp³-hybridized carbons (Fsp3) is 0.320. The summed E-state index contributed by atoms with van der Waals surface area (Å²) in [5.41, 5.74) is 4.58. The van der Waals surface area contributed by atoms with E-state index in [1.54, 1.807) is 0 Å². The van der Waals surface area contributed by atoms with Crippen molar-refractivity contribution in [3.63, 3.8) is 0 Å². The van der Waals surface area contributed by atoms with E-state index >= 15 is 0 Å². The molecule has 1 aliphatic rings. The number of benzene rings is 2. The van der Waals surface area contributed by atoms with Crippen LogP contribution in [0.4, 0.5) is 5.69 Å². The van der Waals surface area contributed by atoms with Crippen molar-refractivity contribution < 1.29 is 9.53 Å². The van der Waals surface area contributed by atoms with Gasteiger partial charge in [0.2, 0.25) is 5.91 Å². The first-order valence-corrected chi connectivity index (χ1v) is 12.0. The standard InChI is InChI=1S/C25H26N4O2S/c1-2-31-22-9-6-5-8-19(22)25-27-18(16-32-25)15-24(30)26-17-11-12-21-20(14-17)28-23-10-4-3-7-13-29(21)23/h5-6,8-9,11-12,14,16H,2-4,7,10,13,15H2,1H3,(H,26,30). The highest BCUT2D eigenvalue weighted by atomic mass is 32.1. The van der Waals surface area contributed by atoms with Gasteiger partial charge in [0, 0.05) is 24.0 Å². The summed E-state index contributed by atoms with van der Waals surface area (Å²) in [6.07, 6.45) is 4.90. The second kappa shape index (κ2) is 9.12. The molecule has 1 N–H and O–H groups in total. The molecule has 0 bridgehead atoms. The Bertz CT molecular complexity index is 1260. The molecule has 4 aromatic rings. The lowest BCUT2D eigenvalue weighted by Gasteiger charge is -2.07. The number of thiazole rings is 1. The van der Waals surface area contributed by atoms with Gasteiger partial charge in [-0.1, -0.05) is 18.6 Å². The van der Waals surface area contributed by atoms with Gasteiger partial charge in [0.15, 0.2) is 0 Å². The first-order valence-electron chi connectivity index (χ1n) is 11.2. The molecule has 0 atom stereocenters. The first-order chi connectivity index (χ1) is 15.7. The monoisotopic (exact) mass is 446 g/mol. The summed E-state index contributed by atoms with van der Waals surface area (Å²) in [5.74, 6) is 1.88. The lowest BCUT2D eigenvalue weighted by atomic mass is 10.2. The molecule has 0 fully saturated rings. The van der Waals surface area contributed by atoms with Gasteiger partial charge in [0.05, 0.1) is 35.3 Å². The van der Waals surface area contributed by atoms with E-state index in [1.165, 1.54) is 30.6 Å². The molecule has 32 heavy (non-hydrogen) atoms. The van der Waals surface area contributed by atoms with Crippen molar-refractivity contribution in [1.29, 1.82) is 0 Å².